The van der Waals surface area contributed by atoms with Crippen molar-refractivity contribution in [1.82, 2.24) is 5.32 Å². The van der Waals surface area contributed by atoms with Crippen LogP contribution >= 0.6 is 27.3 Å². The highest BCUT2D eigenvalue weighted by atomic mass is 79.9. The van der Waals surface area contributed by atoms with Crippen LogP contribution in [-0.4, -0.2) is 44.2 Å². The molecule has 0 spiro atoms. The second-order valence-electron chi connectivity index (χ2n) is 7.08. The van der Waals surface area contributed by atoms with E-state index in [1.54, 1.807) is 23.2 Å². The van der Waals surface area contributed by atoms with E-state index >= 15 is 0 Å². The molecule has 3 N–H and O–H groups in total. The molecule has 0 bridgehead atoms. The molecule has 0 aliphatic carbocycles. The van der Waals surface area contributed by atoms with Gasteiger partial charge in [-0.15, -0.1) is 11.3 Å². The van der Waals surface area contributed by atoms with Crippen LogP contribution < -0.4 is 15.1 Å². The second-order valence-corrected chi connectivity index (χ2v) is 9.62. The summed E-state index contributed by atoms with van der Waals surface area (Å²) in [5, 5.41) is 12.2. The Morgan fingerprint density at radius 2 is 2.00 bits per heavy atom. The van der Waals surface area contributed by atoms with E-state index < -0.39 is 5.54 Å². The van der Waals surface area contributed by atoms with Gasteiger partial charge in [-0.1, -0.05) is 13.8 Å². The highest BCUT2D eigenvalue weighted by Crippen LogP contribution is 2.21. The van der Waals surface area contributed by atoms with Crippen LogP contribution in [-0.2, 0) is 11.3 Å². The molecule has 0 aromatic carbocycles. The number of halogens is 1. The van der Waals surface area contributed by atoms with Crippen molar-refractivity contribution in [3.8, 4) is 6.07 Å². The number of thiophene rings is 1. The number of rotatable bonds is 6. The summed E-state index contributed by atoms with van der Waals surface area (Å²) in [5.41, 5.74) is -0.782. The van der Waals surface area contributed by atoms with Gasteiger partial charge >= 0.3 is 0 Å². The molecule has 24 heavy (non-hydrogen) atoms. The predicted molar refractivity (Wildman–Crippen MR) is 99.0 cm³/mol. The molecule has 0 saturated carbocycles. The van der Waals surface area contributed by atoms with Crippen molar-refractivity contribution in [1.29, 1.82) is 5.26 Å². The van der Waals surface area contributed by atoms with Crippen LogP contribution in [0.25, 0.3) is 0 Å². The summed E-state index contributed by atoms with van der Waals surface area (Å²) in [6, 6.07) is 6.52. The Balaban J connectivity index is 1.76. The molecular formula is C17H27BrN4OS+2. The van der Waals surface area contributed by atoms with E-state index in [2.05, 4.69) is 39.4 Å². The first-order valence-corrected chi connectivity index (χ1v) is 10.1. The van der Waals surface area contributed by atoms with Crippen molar-refractivity contribution in [2.24, 2.45) is 5.92 Å². The number of nitrogens with zero attached hydrogens (tertiary/aromatic N) is 1. The molecule has 1 amide bonds. The van der Waals surface area contributed by atoms with Gasteiger partial charge in [-0.25, -0.2) is 0 Å². The third kappa shape index (κ3) is 5.28. The van der Waals surface area contributed by atoms with Crippen LogP contribution in [0.3, 0.4) is 0 Å². The number of nitriles is 1. The van der Waals surface area contributed by atoms with Gasteiger partial charge in [-0.2, -0.15) is 5.26 Å². The minimum absolute atomic E-state index is 0.0200. The van der Waals surface area contributed by atoms with Crippen molar-refractivity contribution in [2.75, 3.05) is 32.7 Å². The van der Waals surface area contributed by atoms with Gasteiger partial charge in [0.05, 0.1) is 14.7 Å². The van der Waals surface area contributed by atoms with Crippen LogP contribution in [0.2, 0.25) is 0 Å². The third-order valence-corrected chi connectivity index (χ3v) is 6.54. The molecule has 1 aliphatic heterocycles. The first-order chi connectivity index (χ1) is 11.3. The van der Waals surface area contributed by atoms with Crippen LogP contribution in [0.1, 0.15) is 25.6 Å². The fourth-order valence-electron chi connectivity index (χ4n) is 2.87. The lowest BCUT2D eigenvalue weighted by Crippen LogP contribution is -3.28. The number of quaternary nitrogens is 2. The third-order valence-electron chi connectivity index (χ3n) is 4.91. The van der Waals surface area contributed by atoms with E-state index in [9.17, 15) is 10.1 Å². The molecule has 0 unspecified atom stereocenters. The summed E-state index contributed by atoms with van der Waals surface area (Å²) >= 11 is 5.31. The summed E-state index contributed by atoms with van der Waals surface area (Å²) in [4.78, 5) is 16.6. The van der Waals surface area contributed by atoms with Crippen molar-refractivity contribution < 1.29 is 14.6 Å². The highest BCUT2D eigenvalue weighted by molar-refractivity contribution is 9.11. The topological polar surface area (TPSA) is 61.8 Å². The van der Waals surface area contributed by atoms with Gasteiger partial charge in [-0.05, 0) is 40.9 Å². The molecule has 7 heteroatoms. The standard InChI is InChI=1S/C17H25BrN4OS/c1-13(2)17(3,12-19)20-16(23)11-22-8-6-21(7-9-22)10-14-4-5-15(18)24-14/h4-5,13H,6-11H2,1-3H3,(H,20,23)/p+2/t17-/m0/s1. The fraction of sp³-hybridized carbons (Fsp3) is 0.647. The largest absolute Gasteiger partial charge is 0.333 e. The molecule has 1 aliphatic rings. The van der Waals surface area contributed by atoms with Gasteiger partial charge < -0.3 is 15.1 Å². The maximum Gasteiger partial charge on any atom is 0.276 e. The zero-order valence-electron chi connectivity index (χ0n) is 14.6. The lowest BCUT2D eigenvalue weighted by atomic mass is 9.90. The van der Waals surface area contributed by atoms with E-state index in [-0.39, 0.29) is 11.8 Å². The predicted octanol–water partition coefficient (Wildman–Crippen LogP) is -0.152. The Morgan fingerprint density at radius 3 is 2.50 bits per heavy atom. The number of carbonyl (C=O) groups is 1. The lowest BCUT2D eigenvalue weighted by molar-refractivity contribution is -1.01. The Labute approximate surface area is 156 Å². The van der Waals surface area contributed by atoms with Crippen molar-refractivity contribution in [3.63, 3.8) is 0 Å². The first kappa shape index (κ1) is 19.4. The van der Waals surface area contributed by atoms with Crippen LogP contribution in [0.4, 0.5) is 0 Å². The van der Waals surface area contributed by atoms with Crippen LogP contribution in [0, 0.1) is 17.2 Å². The normalized spacial score (nSPS) is 23.5. The minimum atomic E-state index is -0.782. The van der Waals surface area contributed by atoms with Gasteiger partial charge in [0.1, 0.15) is 38.3 Å². The molecular weight excluding hydrogens is 388 g/mol. The molecule has 1 atom stereocenters. The van der Waals surface area contributed by atoms with Crippen LogP contribution in [0.5, 0.6) is 0 Å². The second kappa shape index (κ2) is 8.43. The fourth-order valence-corrected chi connectivity index (χ4v) is 4.42. The number of piperazine rings is 1. The Morgan fingerprint density at radius 1 is 1.38 bits per heavy atom. The molecule has 132 valence electrons. The number of hydrogen-bond donors (Lipinski definition) is 3. The summed E-state index contributed by atoms with van der Waals surface area (Å²) in [7, 11) is 0. The van der Waals surface area contributed by atoms with E-state index in [0.717, 1.165) is 32.7 Å². The van der Waals surface area contributed by atoms with Crippen molar-refractivity contribution >= 4 is 33.2 Å². The SMILES string of the molecule is CC(C)[C@](C)(C#N)NC(=O)C[NH+]1CC[NH+](Cc2ccc(Br)s2)CC1. The number of carbonyl (C=O) groups excluding carboxylic acids is 1. The van der Waals surface area contributed by atoms with Gasteiger partial charge in [0.15, 0.2) is 6.54 Å². The maximum absolute atomic E-state index is 12.3. The number of nitrogens with one attached hydrogen (secondary N) is 3. The molecule has 1 saturated heterocycles. The molecule has 5 nitrogen and oxygen atoms in total. The summed E-state index contributed by atoms with van der Waals surface area (Å²) < 4.78 is 1.18. The first-order valence-electron chi connectivity index (χ1n) is 8.46. The minimum Gasteiger partial charge on any atom is -0.333 e. The zero-order valence-corrected chi connectivity index (χ0v) is 17.0. The van der Waals surface area contributed by atoms with Crippen molar-refractivity contribution in [2.45, 2.75) is 32.9 Å². The maximum atomic E-state index is 12.3. The zero-order chi connectivity index (χ0) is 17.7. The van der Waals surface area contributed by atoms with E-state index in [0.29, 0.717) is 6.54 Å². The number of hydrogen-bond acceptors (Lipinski definition) is 3. The molecule has 1 aromatic heterocycles. The monoisotopic (exact) mass is 414 g/mol. The smallest absolute Gasteiger partial charge is 0.276 e. The van der Waals surface area contributed by atoms with E-state index in [1.165, 1.54) is 13.6 Å². The van der Waals surface area contributed by atoms with Gasteiger partial charge in [0, 0.05) is 0 Å². The molecule has 1 fully saturated rings. The van der Waals surface area contributed by atoms with Gasteiger partial charge in [0.25, 0.3) is 5.91 Å². The average molecular weight is 415 g/mol. The highest BCUT2D eigenvalue weighted by Gasteiger charge is 2.32. The summed E-state index contributed by atoms with van der Waals surface area (Å²) in [6.07, 6.45) is 0. The lowest BCUT2D eigenvalue weighted by Gasteiger charge is -2.31. The van der Waals surface area contributed by atoms with E-state index in [4.69, 9.17) is 0 Å². The average Bonchev–Trinajstić information content (AvgIpc) is 2.94. The molecule has 2 heterocycles. The quantitative estimate of drug-likeness (QED) is 0.605. The Bertz CT molecular complexity index is 604. The van der Waals surface area contributed by atoms with Gasteiger partial charge in [-0.3, -0.25) is 4.79 Å². The number of amides is 1. The molecule has 1 aromatic rings. The summed E-state index contributed by atoms with van der Waals surface area (Å²) in [6.45, 7) is 11.4. The van der Waals surface area contributed by atoms with Crippen molar-refractivity contribution in [3.05, 3.63) is 20.8 Å². The Kier molecular flexibility index (Phi) is 6.81. The molecule has 0 radical (unpaired) electrons. The molecule has 2 rings (SSSR count). The van der Waals surface area contributed by atoms with E-state index in [1.807, 2.05) is 13.8 Å². The Hall–Kier alpha value is -0.940. The van der Waals surface area contributed by atoms with Gasteiger partial charge in [0.2, 0.25) is 0 Å². The summed E-state index contributed by atoms with van der Waals surface area (Å²) in [5.74, 6) is 0.0706. The van der Waals surface area contributed by atoms with Crippen LogP contribution in [0.15, 0.2) is 15.9 Å².